The maximum absolute atomic E-state index is 14.6. The number of benzene rings is 1. The molecular formula is C17H12ClF5N4O2. The van der Waals surface area contributed by atoms with Gasteiger partial charge in [-0.1, -0.05) is 17.7 Å². The van der Waals surface area contributed by atoms with Gasteiger partial charge in [-0.25, -0.2) is 31.7 Å². The van der Waals surface area contributed by atoms with Crippen LogP contribution in [-0.4, -0.2) is 29.5 Å². The number of halogens is 6. The van der Waals surface area contributed by atoms with Crippen LogP contribution >= 0.6 is 11.6 Å². The molecule has 1 fully saturated rings. The normalized spacial score (nSPS) is 17.1. The number of urea groups is 1. The molecule has 1 saturated heterocycles. The Balaban J connectivity index is 2.05. The average Bonchev–Trinajstić information content (AvgIpc) is 3.11. The van der Waals surface area contributed by atoms with Gasteiger partial charge < -0.3 is 16.0 Å². The van der Waals surface area contributed by atoms with Crippen LogP contribution in [0.1, 0.15) is 29.4 Å². The van der Waals surface area contributed by atoms with Crippen LogP contribution in [0.15, 0.2) is 24.3 Å². The number of carbonyl (C=O) groups excluding carboxylic acids is 2. The van der Waals surface area contributed by atoms with E-state index >= 15 is 0 Å². The van der Waals surface area contributed by atoms with Crippen LogP contribution in [0, 0.1) is 17.5 Å². The van der Waals surface area contributed by atoms with Crippen molar-refractivity contribution in [1.82, 2.24) is 20.9 Å². The van der Waals surface area contributed by atoms with Crippen molar-refractivity contribution in [2.45, 2.75) is 18.5 Å². The summed E-state index contributed by atoms with van der Waals surface area (Å²) in [4.78, 5) is 27.2. The quantitative estimate of drug-likeness (QED) is 0.500. The van der Waals surface area contributed by atoms with Crippen molar-refractivity contribution < 1.29 is 31.5 Å². The zero-order valence-corrected chi connectivity index (χ0v) is 15.0. The summed E-state index contributed by atoms with van der Waals surface area (Å²) < 4.78 is 67.8. The lowest BCUT2D eigenvalue weighted by Crippen LogP contribution is -2.44. The predicted molar refractivity (Wildman–Crippen MR) is 90.8 cm³/mol. The Morgan fingerprint density at radius 2 is 1.86 bits per heavy atom. The lowest BCUT2D eigenvalue weighted by molar-refractivity contribution is -0.123. The Bertz CT molecular complexity index is 975. The van der Waals surface area contributed by atoms with Crippen LogP contribution in [-0.2, 0) is 4.79 Å². The highest BCUT2D eigenvalue weighted by Crippen LogP contribution is 2.31. The second kappa shape index (κ2) is 8.19. The molecule has 3 amide bonds. The summed E-state index contributed by atoms with van der Waals surface area (Å²) in [6.07, 6.45) is -3.27. The van der Waals surface area contributed by atoms with Gasteiger partial charge in [0.1, 0.15) is 28.4 Å². The molecule has 0 radical (unpaired) electrons. The summed E-state index contributed by atoms with van der Waals surface area (Å²) in [7, 11) is 0. The smallest absolute Gasteiger partial charge is 0.315 e. The molecule has 2 aromatic rings. The monoisotopic (exact) mass is 434 g/mol. The number of hydrogen-bond donors (Lipinski definition) is 3. The van der Waals surface area contributed by atoms with E-state index in [1.807, 2.05) is 0 Å². The Kier molecular flexibility index (Phi) is 5.87. The maximum Gasteiger partial charge on any atom is 0.315 e. The zero-order valence-electron chi connectivity index (χ0n) is 14.3. The number of alkyl halides is 2. The first-order valence-electron chi connectivity index (χ1n) is 8.11. The number of hydrogen-bond acceptors (Lipinski definition) is 3. The predicted octanol–water partition coefficient (Wildman–Crippen LogP) is 2.98. The molecule has 0 aliphatic carbocycles. The van der Waals surface area contributed by atoms with Gasteiger partial charge >= 0.3 is 6.03 Å². The van der Waals surface area contributed by atoms with Gasteiger partial charge in [-0.05, 0) is 18.2 Å². The minimum absolute atomic E-state index is 0.0802. The molecule has 154 valence electrons. The number of carbonyl (C=O) groups is 2. The first-order valence-corrected chi connectivity index (χ1v) is 8.49. The number of rotatable bonds is 5. The SMILES string of the molecule is O=C1NC[C@@H](C(=O)N[C@H](c2ccc(F)c(C(F)F)n2)c2ccc(F)c(Cl)c2F)N1. The molecule has 29 heavy (non-hydrogen) atoms. The van der Waals surface area contributed by atoms with E-state index in [2.05, 4.69) is 20.9 Å². The number of nitrogens with zero attached hydrogens (tertiary/aromatic N) is 1. The van der Waals surface area contributed by atoms with Crippen molar-refractivity contribution >= 4 is 23.5 Å². The van der Waals surface area contributed by atoms with Crippen molar-refractivity contribution in [3.8, 4) is 0 Å². The van der Waals surface area contributed by atoms with Crippen LogP contribution < -0.4 is 16.0 Å². The van der Waals surface area contributed by atoms with Gasteiger partial charge in [0.2, 0.25) is 5.91 Å². The third-order valence-electron chi connectivity index (χ3n) is 4.15. The first kappa shape index (κ1) is 20.8. The second-order valence-corrected chi connectivity index (χ2v) is 6.39. The fourth-order valence-corrected chi connectivity index (χ4v) is 2.89. The molecule has 1 aliphatic heterocycles. The number of aromatic nitrogens is 1. The van der Waals surface area contributed by atoms with Crippen LogP contribution in [0.5, 0.6) is 0 Å². The number of nitrogens with one attached hydrogen (secondary N) is 3. The van der Waals surface area contributed by atoms with Gasteiger partial charge in [-0.15, -0.1) is 0 Å². The first-order chi connectivity index (χ1) is 13.7. The second-order valence-electron chi connectivity index (χ2n) is 6.02. The standard InChI is InChI=1S/C17H12ClF5N4O2/c18-11-7(19)2-1-6(12(11)21)13(27-16(28)10-5-24-17(29)26-10)9-4-3-8(20)14(25-9)15(22)23/h1-4,10,13,15H,5H2,(H,27,28)(H2,24,26,29)/t10-,13-/m0/s1. The Labute approximate surface area is 165 Å². The summed E-state index contributed by atoms with van der Waals surface area (Å²) in [6.45, 7) is -0.0802. The molecule has 3 rings (SSSR count). The van der Waals surface area contributed by atoms with E-state index in [4.69, 9.17) is 11.6 Å². The van der Waals surface area contributed by atoms with Crippen LogP contribution in [0.3, 0.4) is 0 Å². The van der Waals surface area contributed by atoms with Gasteiger partial charge in [0.15, 0.2) is 5.82 Å². The molecule has 12 heteroatoms. The van der Waals surface area contributed by atoms with E-state index in [0.29, 0.717) is 6.07 Å². The average molecular weight is 435 g/mol. The Morgan fingerprint density at radius 1 is 1.17 bits per heavy atom. The molecule has 1 aliphatic rings. The lowest BCUT2D eigenvalue weighted by atomic mass is 10.0. The lowest BCUT2D eigenvalue weighted by Gasteiger charge is -2.22. The Hall–Kier alpha value is -2.95. The molecule has 0 saturated carbocycles. The van der Waals surface area contributed by atoms with Crippen LogP contribution in [0.25, 0.3) is 0 Å². The molecule has 2 atom stereocenters. The summed E-state index contributed by atoms with van der Waals surface area (Å²) in [5.41, 5.74) is -1.93. The summed E-state index contributed by atoms with van der Waals surface area (Å²) >= 11 is 5.57. The van der Waals surface area contributed by atoms with E-state index in [-0.39, 0.29) is 17.8 Å². The van der Waals surface area contributed by atoms with Gasteiger partial charge in [0.05, 0.1) is 11.7 Å². The molecule has 0 bridgehead atoms. The van der Waals surface area contributed by atoms with Crippen molar-refractivity contribution in [3.05, 3.63) is 63.7 Å². The van der Waals surface area contributed by atoms with Crippen molar-refractivity contribution in [3.63, 3.8) is 0 Å². The minimum Gasteiger partial charge on any atom is -0.342 e. The fraction of sp³-hybridized carbons (Fsp3) is 0.235. The molecule has 3 N–H and O–H groups in total. The third-order valence-corrected chi connectivity index (χ3v) is 4.49. The van der Waals surface area contributed by atoms with Gasteiger partial charge in [-0.3, -0.25) is 4.79 Å². The third kappa shape index (κ3) is 4.24. The van der Waals surface area contributed by atoms with E-state index in [1.165, 1.54) is 0 Å². The van der Waals surface area contributed by atoms with Gasteiger partial charge in [0, 0.05) is 12.1 Å². The summed E-state index contributed by atoms with van der Waals surface area (Å²) in [5, 5.41) is 6.10. The fourth-order valence-electron chi connectivity index (χ4n) is 2.72. The van der Waals surface area contributed by atoms with E-state index in [1.54, 1.807) is 0 Å². The van der Waals surface area contributed by atoms with E-state index < -0.39 is 58.6 Å². The molecular weight excluding hydrogens is 423 g/mol. The maximum atomic E-state index is 14.6. The topological polar surface area (TPSA) is 83.1 Å². The van der Waals surface area contributed by atoms with E-state index in [9.17, 15) is 31.5 Å². The van der Waals surface area contributed by atoms with Crippen molar-refractivity contribution in [2.75, 3.05) is 6.54 Å². The molecule has 2 heterocycles. The zero-order chi connectivity index (χ0) is 21.3. The van der Waals surface area contributed by atoms with Crippen molar-refractivity contribution in [2.24, 2.45) is 0 Å². The summed E-state index contributed by atoms with van der Waals surface area (Å²) in [5.74, 6) is -4.43. The highest BCUT2D eigenvalue weighted by atomic mass is 35.5. The van der Waals surface area contributed by atoms with E-state index in [0.717, 1.165) is 18.2 Å². The number of pyridine rings is 1. The van der Waals surface area contributed by atoms with Crippen LogP contribution in [0.4, 0.5) is 26.7 Å². The molecule has 0 unspecified atom stereocenters. The molecule has 1 aromatic heterocycles. The highest BCUT2D eigenvalue weighted by Gasteiger charge is 2.32. The van der Waals surface area contributed by atoms with Crippen LogP contribution in [0.2, 0.25) is 5.02 Å². The highest BCUT2D eigenvalue weighted by molar-refractivity contribution is 6.31. The molecule has 0 spiro atoms. The minimum atomic E-state index is -3.27. The molecule has 1 aromatic carbocycles. The largest absolute Gasteiger partial charge is 0.342 e. The Morgan fingerprint density at radius 3 is 2.48 bits per heavy atom. The van der Waals surface area contributed by atoms with Gasteiger partial charge in [0.25, 0.3) is 6.43 Å². The van der Waals surface area contributed by atoms with Crippen molar-refractivity contribution in [1.29, 1.82) is 0 Å². The number of amides is 3. The molecule has 6 nitrogen and oxygen atoms in total. The van der Waals surface area contributed by atoms with Gasteiger partial charge in [-0.2, -0.15) is 0 Å². The summed E-state index contributed by atoms with van der Waals surface area (Å²) in [6, 6.07) is 0.239.